The highest BCUT2D eigenvalue weighted by molar-refractivity contribution is 5.37. The summed E-state index contributed by atoms with van der Waals surface area (Å²) >= 11 is 0. The molecule has 0 aliphatic heterocycles. The predicted octanol–water partition coefficient (Wildman–Crippen LogP) is 3.54. The van der Waals surface area contributed by atoms with Gasteiger partial charge in [-0.2, -0.15) is 13.2 Å². The standard InChI is InChI=1S/C16H23F3N2/c1-3-9-20-15-13-8-6-5-7-12(13)10-14(15)21(4-2)11-16(17,18)19/h5-8,14-15,20H,3-4,9-11H2,1-2H3. The van der Waals surface area contributed by atoms with Gasteiger partial charge in [0, 0.05) is 12.1 Å². The monoisotopic (exact) mass is 300 g/mol. The van der Waals surface area contributed by atoms with Crippen LogP contribution in [0, 0.1) is 0 Å². The Hall–Kier alpha value is -1.07. The maximum Gasteiger partial charge on any atom is 0.401 e. The number of benzene rings is 1. The lowest BCUT2D eigenvalue weighted by atomic mass is 10.1. The van der Waals surface area contributed by atoms with Crippen LogP contribution in [0.1, 0.15) is 37.4 Å². The lowest BCUT2D eigenvalue weighted by Crippen LogP contribution is -2.47. The zero-order valence-electron chi connectivity index (χ0n) is 12.6. The molecule has 1 aliphatic carbocycles. The maximum absolute atomic E-state index is 12.8. The summed E-state index contributed by atoms with van der Waals surface area (Å²) in [5.41, 5.74) is 2.31. The predicted molar refractivity (Wildman–Crippen MR) is 78.3 cm³/mol. The fourth-order valence-corrected chi connectivity index (χ4v) is 3.15. The molecule has 0 spiro atoms. The van der Waals surface area contributed by atoms with Crippen LogP contribution in [0.5, 0.6) is 0 Å². The molecule has 0 bridgehead atoms. The zero-order valence-corrected chi connectivity index (χ0v) is 12.6. The summed E-state index contributed by atoms with van der Waals surface area (Å²) < 4.78 is 38.4. The number of rotatable bonds is 6. The van der Waals surface area contributed by atoms with Crippen molar-refractivity contribution in [1.82, 2.24) is 10.2 Å². The molecule has 1 aromatic rings. The first-order valence-corrected chi connectivity index (χ1v) is 7.58. The van der Waals surface area contributed by atoms with Crippen LogP contribution >= 0.6 is 0 Å². The third-order valence-electron chi connectivity index (χ3n) is 4.08. The molecule has 1 N–H and O–H groups in total. The first-order valence-electron chi connectivity index (χ1n) is 7.58. The van der Waals surface area contributed by atoms with Crippen LogP contribution < -0.4 is 5.32 Å². The molecule has 0 amide bonds. The molecule has 2 atom stereocenters. The number of fused-ring (bicyclic) bond motifs is 1. The third kappa shape index (κ3) is 3.98. The second-order valence-electron chi connectivity index (χ2n) is 5.58. The van der Waals surface area contributed by atoms with E-state index in [1.54, 1.807) is 11.8 Å². The third-order valence-corrected chi connectivity index (χ3v) is 4.08. The van der Waals surface area contributed by atoms with Crippen LogP contribution in [-0.4, -0.2) is 36.8 Å². The largest absolute Gasteiger partial charge is 0.401 e. The number of nitrogens with zero attached hydrogens (tertiary/aromatic N) is 1. The molecule has 0 fully saturated rings. The lowest BCUT2D eigenvalue weighted by molar-refractivity contribution is -0.151. The molecule has 0 aromatic heterocycles. The molecule has 2 rings (SSSR count). The van der Waals surface area contributed by atoms with Crippen molar-refractivity contribution < 1.29 is 13.2 Å². The Morgan fingerprint density at radius 3 is 2.57 bits per heavy atom. The molecule has 2 unspecified atom stereocenters. The van der Waals surface area contributed by atoms with E-state index in [0.717, 1.165) is 24.1 Å². The Labute approximate surface area is 124 Å². The van der Waals surface area contributed by atoms with E-state index in [1.165, 1.54) is 0 Å². The van der Waals surface area contributed by atoms with Crippen LogP contribution in [0.25, 0.3) is 0 Å². The highest BCUT2D eigenvalue weighted by Gasteiger charge is 2.40. The molecule has 1 aromatic carbocycles. The molecule has 1 aliphatic rings. The van der Waals surface area contributed by atoms with Crippen molar-refractivity contribution >= 4 is 0 Å². The van der Waals surface area contributed by atoms with Gasteiger partial charge in [-0.15, -0.1) is 0 Å². The minimum absolute atomic E-state index is 0.0107. The number of hydrogen-bond donors (Lipinski definition) is 1. The van der Waals surface area contributed by atoms with Gasteiger partial charge in [0.15, 0.2) is 0 Å². The average molecular weight is 300 g/mol. The Kier molecular flexibility index (Phi) is 5.27. The van der Waals surface area contributed by atoms with Crippen LogP contribution in [0.3, 0.4) is 0 Å². The van der Waals surface area contributed by atoms with Crippen LogP contribution in [0.2, 0.25) is 0 Å². The van der Waals surface area contributed by atoms with Gasteiger partial charge in [-0.3, -0.25) is 4.90 Å². The fourth-order valence-electron chi connectivity index (χ4n) is 3.15. The van der Waals surface area contributed by atoms with Crippen molar-refractivity contribution in [2.45, 2.75) is 44.9 Å². The number of halogens is 3. The van der Waals surface area contributed by atoms with E-state index in [4.69, 9.17) is 0 Å². The molecule has 5 heteroatoms. The first kappa shape index (κ1) is 16.3. The zero-order chi connectivity index (χ0) is 15.5. The van der Waals surface area contributed by atoms with Gasteiger partial charge in [0.1, 0.15) is 0 Å². The van der Waals surface area contributed by atoms with Crippen molar-refractivity contribution in [2.75, 3.05) is 19.6 Å². The van der Waals surface area contributed by atoms with Crippen molar-refractivity contribution in [2.24, 2.45) is 0 Å². The van der Waals surface area contributed by atoms with Crippen LogP contribution in [0.4, 0.5) is 13.2 Å². The molecule has 0 radical (unpaired) electrons. The van der Waals surface area contributed by atoms with E-state index in [0.29, 0.717) is 13.0 Å². The quantitative estimate of drug-likeness (QED) is 0.864. The second-order valence-corrected chi connectivity index (χ2v) is 5.58. The number of alkyl halides is 3. The van der Waals surface area contributed by atoms with Gasteiger partial charge in [-0.05, 0) is 37.1 Å². The average Bonchev–Trinajstić information content (AvgIpc) is 2.80. The number of hydrogen-bond acceptors (Lipinski definition) is 2. The summed E-state index contributed by atoms with van der Waals surface area (Å²) in [6.45, 7) is 4.25. The molecule has 21 heavy (non-hydrogen) atoms. The van der Waals surface area contributed by atoms with E-state index in [2.05, 4.69) is 12.2 Å². The maximum atomic E-state index is 12.8. The number of nitrogens with one attached hydrogen (secondary N) is 1. The molecule has 0 saturated carbocycles. The number of likely N-dealkylation sites (N-methyl/N-ethyl adjacent to an activating group) is 1. The van der Waals surface area contributed by atoms with Crippen molar-refractivity contribution in [3.63, 3.8) is 0 Å². The molecule has 118 valence electrons. The summed E-state index contributed by atoms with van der Waals surface area (Å²) in [5, 5.41) is 3.43. The summed E-state index contributed by atoms with van der Waals surface area (Å²) in [7, 11) is 0. The van der Waals surface area contributed by atoms with Crippen LogP contribution in [-0.2, 0) is 6.42 Å². The van der Waals surface area contributed by atoms with Gasteiger partial charge in [0.05, 0.1) is 6.54 Å². The van der Waals surface area contributed by atoms with Crippen molar-refractivity contribution in [3.05, 3.63) is 35.4 Å². The normalized spacial score (nSPS) is 21.8. The summed E-state index contributed by atoms with van der Waals surface area (Å²) in [6.07, 6.45) is -2.50. The summed E-state index contributed by atoms with van der Waals surface area (Å²) in [5.74, 6) is 0. The molecule has 0 saturated heterocycles. The van der Waals surface area contributed by atoms with Crippen LogP contribution in [0.15, 0.2) is 24.3 Å². The molecule has 0 heterocycles. The topological polar surface area (TPSA) is 15.3 Å². The minimum Gasteiger partial charge on any atom is -0.309 e. The smallest absolute Gasteiger partial charge is 0.309 e. The highest BCUT2D eigenvalue weighted by Crippen LogP contribution is 2.35. The second kappa shape index (κ2) is 6.79. The molecular weight excluding hydrogens is 277 g/mol. The van der Waals surface area contributed by atoms with Crippen molar-refractivity contribution in [1.29, 1.82) is 0 Å². The van der Waals surface area contributed by atoms with E-state index in [-0.39, 0.29) is 12.1 Å². The molecular formula is C16H23F3N2. The van der Waals surface area contributed by atoms with Gasteiger partial charge in [0.2, 0.25) is 0 Å². The first-order chi connectivity index (χ1) is 9.96. The fraction of sp³-hybridized carbons (Fsp3) is 0.625. The molecule has 2 nitrogen and oxygen atoms in total. The van der Waals surface area contributed by atoms with E-state index < -0.39 is 12.7 Å². The van der Waals surface area contributed by atoms with Gasteiger partial charge in [0.25, 0.3) is 0 Å². The van der Waals surface area contributed by atoms with Gasteiger partial charge >= 0.3 is 6.18 Å². The van der Waals surface area contributed by atoms with Crippen molar-refractivity contribution in [3.8, 4) is 0 Å². The van der Waals surface area contributed by atoms with Gasteiger partial charge in [-0.1, -0.05) is 38.1 Å². The van der Waals surface area contributed by atoms with E-state index in [9.17, 15) is 13.2 Å². The van der Waals surface area contributed by atoms with E-state index >= 15 is 0 Å². The summed E-state index contributed by atoms with van der Waals surface area (Å²) in [6, 6.07) is 7.84. The highest BCUT2D eigenvalue weighted by atomic mass is 19.4. The minimum atomic E-state index is -4.15. The Morgan fingerprint density at radius 2 is 1.95 bits per heavy atom. The van der Waals surface area contributed by atoms with E-state index in [1.807, 2.05) is 24.3 Å². The Balaban J connectivity index is 2.21. The Bertz CT molecular complexity index is 459. The Morgan fingerprint density at radius 1 is 1.24 bits per heavy atom. The lowest BCUT2D eigenvalue weighted by Gasteiger charge is -2.33. The summed E-state index contributed by atoms with van der Waals surface area (Å²) in [4.78, 5) is 1.55. The van der Waals surface area contributed by atoms with Gasteiger partial charge < -0.3 is 5.32 Å². The SMILES string of the molecule is CCCNC1c2ccccc2CC1N(CC)CC(F)(F)F. The van der Waals surface area contributed by atoms with Gasteiger partial charge in [-0.25, -0.2) is 0 Å².